The smallest absolute Gasteiger partial charge is 0.422 e. The van der Waals surface area contributed by atoms with Crippen molar-refractivity contribution in [3.05, 3.63) is 29.8 Å². The molecule has 0 radical (unpaired) electrons. The first kappa shape index (κ1) is 17.8. The number of rotatable bonds is 7. The molecule has 0 spiro atoms. The zero-order valence-electron chi connectivity index (χ0n) is 11.8. The maximum absolute atomic E-state index is 12.0. The number of amides is 1. The molecule has 0 heterocycles. The van der Waals surface area contributed by atoms with Gasteiger partial charge in [-0.15, -0.1) is 0 Å². The highest BCUT2D eigenvalue weighted by atomic mass is 19.4. The minimum absolute atomic E-state index is 0.00752. The number of halogens is 3. The molecule has 22 heavy (non-hydrogen) atoms. The van der Waals surface area contributed by atoms with E-state index in [9.17, 15) is 22.8 Å². The summed E-state index contributed by atoms with van der Waals surface area (Å²) in [5.74, 6) is -1.60. The topological polar surface area (TPSA) is 75.6 Å². The fraction of sp³-hybridized carbons (Fsp3) is 0.429. The van der Waals surface area contributed by atoms with Crippen molar-refractivity contribution < 1.29 is 32.6 Å². The van der Waals surface area contributed by atoms with Crippen molar-refractivity contribution in [2.45, 2.75) is 19.5 Å². The van der Waals surface area contributed by atoms with Gasteiger partial charge in [-0.25, -0.2) is 0 Å². The average Bonchev–Trinajstić information content (AvgIpc) is 2.41. The maximum atomic E-state index is 12.0. The highest BCUT2D eigenvalue weighted by molar-refractivity contribution is 5.94. The van der Waals surface area contributed by atoms with Gasteiger partial charge in [-0.2, -0.15) is 13.2 Å². The van der Waals surface area contributed by atoms with Crippen molar-refractivity contribution in [2.24, 2.45) is 5.92 Å². The van der Waals surface area contributed by atoms with Gasteiger partial charge in [0.2, 0.25) is 0 Å². The molecule has 5 nitrogen and oxygen atoms in total. The number of carbonyl (C=O) groups excluding carboxylic acids is 1. The van der Waals surface area contributed by atoms with Crippen molar-refractivity contribution in [3.63, 3.8) is 0 Å². The monoisotopic (exact) mass is 319 g/mol. The normalized spacial score (nSPS) is 12.5. The lowest BCUT2D eigenvalue weighted by Crippen LogP contribution is -2.29. The van der Waals surface area contributed by atoms with Crippen molar-refractivity contribution in [1.82, 2.24) is 5.32 Å². The van der Waals surface area contributed by atoms with Crippen molar-refractivity contribution in [1.29, 1.82) is 0 Å². The van der Waals surface area contributed by atoms with Gasteiger partial charge in [0.1, 0.15) is 5.75 Å². The van der Waals surface area contributed by atoms with Gasteiger partial charge in [-0.05, 0) is 30.2 Å². The summed E-state index contributed by atoms with van der Waals surface area (Å²) in [6.07, 6.45) is -4.49. The van der Waals surface area contributed by atoms with E-state index < -0.39 is 24.7 Å². The van der Waals surface area contributed by atoms with Crippen LogP contribution >= 0.6 is 0 Å². The third-order valence-corrected chi connectivity index (χ3v) is 2.65. The number of benzene rings is 1. The van der Waals surface area contributed by atoms with Gasteiger partial charge in [0.15, 0.2) is 6.61 Å². The Morgan fingerprint density at radius 3 is 2.36 bits per heavy atom. The molecule has 0 aliphatic rings. The zero-order valence-corrected chi connectivity index (χ0v) is 11.8. The molecule has 0 aliphatic carbocycles. The maximum Gasteiger partial charge on any atom is 0.422 e. The molecule has 0 aromatic heterocycles. The van der Waals surface area contributed by atoms with E-state index in [0.717, 1.165) is 0 Å². The largest absolute Gasteiger partial charge is 0.484 e. The van der Waals surface area contributed by atoms with E-state index in [1.54, 1.807) is 6.92 Å². The molecule has 0 bridgehead atoms. The molecule has 1 unspecified atom stereocenters. The van der Waals surface area contributed by atoms with E-state index in [4.69, 9.17) is 5.11 Å². The van der Waals surface area contributed by atoms with Crippen LogP contribution in [0.5, 0.6) is 5.75 Å². The van der Waals surface area contributed by atoms with Crippen molar-refractivity contribution >= 4 is 11.9 Å². The highest BCUT2D eigenvalue weighted by Gasteiger charge is 2.28. The zero-order chi connectivity index (χ0) is 16.8. The molecular weight excluding hydrogens is 303 g/mol. The molecule has 1 aromatic carbocycles. The Morgan fingerprint density at radius 1 is 1.27 bits per heavy atom. The second-order valence-corrected chi connectivity index (χ2v) is 4.84. The van der Waals surface area contributed by atoms with E-state index in [0.29, 0.717) is 0 Å². The minimum atomic E-state index is -4.42. The molecule has 122 valence electrons. The molecule has 1 amide bonds. The van der Waals surface area contributed by atoms with Crippen LogP contribution in [0.15, 0.2) is 24.3 Å². The van der Waals surface area contributed by atoms with Gasteiger partial charge in [-0.1, -0.05) is 6.92 Å². The summed E-state index contributed by atoms with van der Waals surface area (Å²) in [5, 5.41) is 11.2. The van der Waals surface area contributed by atoms with Crippen molar-refractivity contribution in [2.75, 3.05) is 13.2 Å². The molecule has 2 N–H and O–H groups in total. The summed E-state index contributed by atoms with van der Waals surface area (Å²) in [6, 6.07) is 5.20. The number of hydrogen-bond donors (Lipinski definition) is 2. The van der Waals surface area contributed by atoms with E-state index in [2.05, 4.69) is 10.1 Å². The second kappa shape index (κ2) is 7.67. The van der Waals surface area contributed by atoms with E-state index in [1.807, 2.05) is 0 Å². The Labute approximate surface area is 125 Å². The van der Waals surface area contributed by atoms with Crippen LogP contribution < -0.4 is 10.1 Å². The lowest BCUT2D eigenvalue weighted by atomic mass is 10.1. The number of carbonyl (C=O) groups is 2. The summed E-state index contributed by atoms with van der Waals surface area (Å²) < 4.78 is 40.5. The van der Waals surface area contributed by atoms with Gasteiger partial charge < -0.3 is 15.2 Å². The van der Waals surface area contributed by atoms with Crippen LogP contribution in [0.2, 0.25) is 0 Å². The summed E-state index contributed by atoms with van der Waals surface area (Å²) in [7, 11) is 0. The summed E-state index contributed by atoms with van der Waals surface area (Å²) in [4.78, 5) is 22.3. The van der Waals surface area contributed by atoms with Crippen LogP contribution in [0.25, 0.3) is 0 Å². The van der Waals surface area contributed by atoms with Crippen LogP contribution in [0, 0.1) is 5.92 Å². The molecule has 0 saturated heterocycles. The Bertz CT molecular complexity index is 514. The van der Waals surface area contributed by atoms with Crippen molar-refractivity contribution in [3.8, 4) is 5.75 Å². The number of ether oxygens (including phenoxy) is 1. The fourth-order valence-corrected chi connectivity index (χ4v) is 1.61. The van der Waals surface area contributed by atoms with E-state index >= 15 is 0 Å². The van der Waals surface area contributed by atoms with Gasteiger partial charge in [0.25, 0.3) is 5.91 Å². The summed E-state index contributed by atoms with van der Waals surface area (Å²) in [5.41, 5.74) is 0.252. The standard InChI is InChI=1S/C14H16F3NO4/c1-9(6-12(19)20)7-18-13(21)10-2-4-11(5-3-10)22-8-14(15,16)17/h2-5,9H,6-8H2,1H3,(H,18,21)(H,19,20). The molecule has 1 atom stereocenters. The lowest BCUT2D eigenvalue weighted by molar-refractivity contribution is -0.153. The number of carboxylic acids is 1. The molecule has 0 saturated carbocycles. The molecule has 1 aromatic rings. The van der Waals surface area contributed by atoms with Gasteiger partial charge in [-0.3, -0.25) is 9.59 Å². The van der Waals surface area contributed by atoms with Crippen LogP contribution in [0.4, 0.5) is 13.2 Å². The average molecular weight is 319 g/mol. The molecule has 1 rings (SSSR count). The first-order valence-corrected chi connectivity index (χ1v) is 6.47. The lowest BCUT2D eigenvalue weighted by Gasteiger charge is -2.11. The molecule has 0 aliphatic heterocycles. The predicted molar refractivity (Wildman–Crippen MR) is 71.7 cm³/mol. The van der Waals surface area contributed by atoms with Crippen LogP contribution in [0.1, 0.15) is 23.7 Å². The highest BCUT2D eigenvalue weighted by Crippen LogP contribution is 2.18. The number of hydrogen-bond acceptors (Lipinski definition) is 3. The Balaban J connectivity index is 2.48. The quantitative estimate of drug-likeness (QED) is 0.809. The number of nitrogens with one attached hydrogen (secondary N) is 1. The Kier molecular flexibility index (Phi) is 6.21. The Hall–Kier alpha value is -2.25. The molecule has 8 heteroatoms. The van der Waals surface area contributed by atoms with E-state index in [-0.39, 0.29) is 30.2 Å². The van der Waals surface area contributed by atoms with Crippen LogP contribution in [-0.2, 0) is 4.79 Å². The minimum Gasteiger partial charge on any atom is -0.484 e. The fourth-order valence-electron chi connectivity index (χ4n) is 1.61. The van der Waals surface area contributed by atoms with Crippen LogP contribution in [0.3, 0.4) is 0 Å². The first-order chi connectivity index (χ1) is 10.2. The number of aliphatic carboxylic acids is 1. The third-order valence-electron chi connectivity index (χ3n) is 2.65. The summed E-state index contributed by atoms with van der Waals surface area (Å²) in [6.45, 7) is 0.477. The number of carboxylic acid groups (broad SMARTS) is 1. The number of alkyl halides is 3. The van der Waals surface area contributed by atoms with Gasteiger partial charge >= 0.3 is 12.1 Å². The predicted octanol–water partition coefficient (Wildman–Crippen LogP) is 2.47. The Morgan fingerprint density at radius 2 is 1.86 bits per heavy atom. The second-order valence-electron chi connectivity index (χ2n) is 4.84. The first-order valence-electron chi connectivity index (χ1n) is 6.47. The van der Waals surface area contributed by atoms with Crippen LogP contribution in [-0.4, -0.2) is 36.3 Å². The SMILES string of the molecule is CC(CNC(=O)c1ccc(OCC(F)(F)F)cc1)CC(=O)O. The van der Waals surface area contributed by atoms with Gasteiger partial charge in [0.05, 0.1) is 0 Å². The molecular formula is C14H16F3NO4. The summed E-state index contributed by atoms with van der Waals surface area (Å²) >= 11 is 0. The molecule has 0 fully saturated rings. The van der Waals surface area contributed by atoms with E-state index in [1.165, 1.54) is 24.3 Å². The third kappa shape index (κ3) is 6.96. The van der Waals surface area contributed by atoms with Gasteiger partial charge in [0, 0.05) is 18.5 Å².